The molecule has 2 unspecified atom stereocenters. The number of hydrogen-bond donors (Lipinski definition) is 1. The average Bonchev–Trinajstić information content (AvgIpc) is 3.06. The van der Waals surface area contributed by atoms with Gasteiger partial charge in [-0.1, -0.05) is 31.0 Å². The molecule has 0 bridgehead atoms. The first-order chi connectivity index (χ1) is 11.9. The third kappa shape index (κ3) is 6.04. The number of nitrogens with zero attached hydrogens (tertiary/aromatic N) is 2. The van der Waals surface area contributed by atoms with E-state index in [0.29, 0.717) is 0 Å². The van der Waals surface area contributed by atoms with Crippen molar-refractivity contribution in [3.8, 4) is 5.75 Å². The van der Waals surface area contributed by atoms with Gasteiger partial charge in [-0.15, -0.1) is 24.0 Å². The number of para-hydroxylation sites is 1. The number of fused-ring (bicyclic) bond motifs is 1. The van der Waals surface area contributed by atoms with Crippen LogP contribution in [0, 0.1) is 11.8 Å². The van der Waals surface area contributed by atoms with Crippen molar-refractivity contribution in [1.29, 1.82) is 0 Å². The lowest BCUT2D eigenvalue weighted by Crippen LogP contribution is -2.40. The van der Waals surface area contributed by atoms with Crippen LogP contribution in [0.5, 0.6) is 5.75 Å². The first-order valence-corrected chi connectivity index (χ1v) is 9.50. The molecule has 25 heavy (non-hydrogen) atoms. The van der Waals surface area contributed by atoms with Gasteiger partial charge in [0, 0.05) is 26.7 Å². The molecule has 1 saturated carbocycles. The van der Waals surface area contributed by atoms with Gasteiger partial charge in [0.1, 0.15) is 5.75 Å². The normalized spacial score (nSPS) is 22.9. The predicted octanol–water partition coefficient (Wildman–Crippen LogP) is 4.16. The summed E-state index contributed by atoms with van der Waals surface area (Å²) in [5.41, 5.74) is 0. The molecule has 5 heteroatoms. The number of halogens is 1. The maximum Gasteiger partial charge on any atom is 0.193 e. The molecular weight excluding hydrogens is 425 g/mol. The Balaban J connectivity index is 0.00000225. The number of guanidine groups is 1. The highest BCUT2D eigenvalue weighted by atomic mass is 127. The molecule has 0 spiro atoms. The Hall–Kier alpha value is -0.980. The van der Waals surface area contributed by atoms with Gasteiger partial charge in [0.2, 0.25) is 0 Å². The maximum absolute atomic E-state index is 5.73. The number of rotatable bonds is 6. The van der Waals surface area contributed by atoms with Gasteiger partial charge in [0.15, 0.2) is 5.96 Å². The van der Waals surface area contributed by atoms with E-state index in [1.807, 2.05) is 37.4 Å². The second kappa shape index (κ2) is 10.9. The van der Waals surface area contributed by atoms with Crippen LogP contribution in [-0.2, 0) is 0 Å². The highest BCUT2D eigenvalue weighted by molar-refractivity contribution is 14.0. The molecule has 2 fully saturated rings. The molecule has 2 atom stereocenters. The molecule has 2 aliphatic rings. The number of unbranched alkanes of at least 4 members (excludes halogenated alkanes) is 1. The van der Waals surface area contributed by atoms with Gasteiger partial charge in [-0.3, -0.25) is 4.99 Å². The van der Waals surface area contributed by atoms with Crippen molar-refractivity contribution in [3.63, 3.8) is 0 Å². The Morgan fingerprint density at radius 2 is 1.80 bits per heavy atom. The first-order valence-electron chi connectivity index (χ1n) is 9.50. The van der Waals surface area contributed by atoms with Crippen LogP contribution in [0.25, 0.3) is 0 Å². The molecule has 3 rings (SSSR count). The fraction of sp³-hybridized carbons (Fsp3) is 0.650. The van der Waals surface area contributed by atoms with E-state index in [-0.39, 0.29) is 24.0 Å². The summed E-state index contributed by atoms with van der Waals surface area (Å²) in [5, 5.41) is 3.54. The zero-order valence-electron chi connectivity index (χ0n) is 15.3. The minimum atomic E-state index is 0. The largest absolute Gasteiger partial charge is 0.494 e. The Kier molecular flexibility index (Phi) is 8.85. The Morgan fingerprint density at radius 1 is 1.12 bits per heavy atom. The van der Waals surface area contributed by atoms with Crippen molar-refractivity contribution in [2.45, 2.75) is 38.5 Å². The SMILES string of the molecule is CN=C(NCCCCOc1ccccc1)N1CC2CCCCC2C1.I. The molecule has 1 aromatic rings. The lowest BCUT2D eigenvalue weighted by atomic mass is 9.82. The predicted molar refractivity (Wildman–Crippen MR) is 115 cm³/mol. The van der Waals surface area contributed by atoms with Crippen molar-refractivity contribution in [3.05, 3.63) is 30.3 Å². The molecule has 1 aromatic carbocycles. The van der Waals surface area contributed by atoms with Crippen LogP contribution in [0.1, 0.15) is 38.5 Å². The summed E-state index contributed by atoms with van der Waals surface area (Å²) in [6, 6.07) is 10.0. The van der Waals surface area contributed by atoms with E-state index >= 15 is 0 Å². The van der Waals surface area contributed by atoms with Gasteiger partial charge < -0.3 is 15.0 Å². The van der Waals surface area contributed by atoms with E-state index in [0.717, 1.165) is 49.5 Å². The Labute approximate surface area is 169 Å². The first kappa shape index (κ1) is 20.3. The quantitative estimate of drug-likeness (QED) is 0.302. The molecule has 140 valence electrons. The summed E-state index contributed by atoms with van der Waals surface area (Å²) in [6.45, 7) is 4.14. The summed E-state index contributed by atoms with van der Waals surface area (Å²) >= 11 is 0. The molecular formula is C20H32IN3O. The number of ether oxygens (including phenoxy) is 1. The molecule has 1 aliphatic carbocycles. The van der Waals surface area contributed by atoms with Gasteiger partial charge in [-0.2, -0.15) is 0 Å². The number of benzene rings is 1. The van der Waals surface area contributed by atoms with Crippen LogP contribution in [-0.4, -0.2) is 44.1 Å². The lowest BCUT2D eigenvalue weighted by Gasteiger charge is -2.22. The molecule has 1 aliphatic heterocycles. The van der Waals surface area contributed by atoms with Crippen molar-refractivity contribution < 1.29 is 4.74 Å². The number of likely N-dealkylation sites (tertiary alicyclic amines) is 1. The summed E-state index contributed by atoms with van der Waals surface area (Å²) in [7, 11) is 1.91. The molecule has 1 saturated heterocycles. The summed E-state index contributed by atoms with van der Waals surface area (Å²) in [6.07, 6.45) is 7.82. The third-order valence-electron chi connectivity index (χ3n) is 5.35. The van der Waals surface area contributed by atoms with Crippen molar-refractivity contribution >= 4 is 29.9 Å². The van der Waals surface area contributed by atoms with Gasteiger partial charge >= 0.3 is 0 Å². The third-order valence-corrected chi connectivity index (χ3v) is 5.35. The monoisotopic (exact) mass is 457 g/mol. The minimum Gasteiger partial charge on any atom is -0.494 e. The average molecular weight is 457 g/mol. The van der Waals surface area contributed by atoms with Crippen LogP contribution < -0.4 is 10.1 Å². The van der Waals surface area contributed by atoms with E-state index in [1.54, 1.807) is 0 Å². The number of aliphatic imine (C=N–C) groups is 1. The Morgan fingerprint density at radius 3 is 2.44 bits per heavy atom. The van der Waals surface area contributed by atoms with Gasteiger partial charge in [0.05, 0.1) is 6.61 Å². The standard InChI is InChI=1S/C20H31N3O.HI/c1-21-20(23-15-17-9-5-6-10-18(17)16-23)22-13-7-8-14-24-19-11-3-2-4-12-19;/h2-4,11-12,17-18H,5-10,13-16H2,1H3,(H,21,22);1H. The Bertz CT molecular complexity index is 509. The van der Waals surface area contributed by atoms with E-state index in [2.05, 4.69) is 15.2 Å². The molecule has 1 N–H and O–H groups in total. The fourth-order valence-corrected chi connectivity index (χ4v) is 4.05. The summed E-state index contributed by atoms with van der Waals surface area (Å²) < 4.78 is 5.73. The van der Waals surface area contributed by atoms with Crippen LogP contribution in [0.2, 0.25) is 0 Å². The van der Waals surface area contributed by atoms with Crippen molar-refractivity contribution in [2.75, 3.05) is 33.3 Å². The number of nitrogens with one attached hydrogen (secondary N) is 1. The smallest absolute Gasteiger partial charge is 0.193 e. The van der Waals surface area contributed by atoms with E-state index in [9.17, 15) is 0 Å². The van der Waals surface area contributed by atoms with Crippen LogP contribution >= 0.6 is 24.0 Å². The maximum atomic E-state index is 5.73. The highest BCUT2D eigenvalue weighted by Gasteiger charge is 2.35. The van der Waals surface area contributed by atoms with E-state index < -0.39 is 0 Å². The van der Waals surface area contributed by atoms with Crippen LogP contribution in [0.15, 0.2) is 35.3 Å². The van der Waals surface area contributed by atoms with Crippen LogP contribution in [0.3, 0.4) is 0 Å². The van der Waals surface area contributed by atoms with Crippen molar-refractivity contribution in [2.24, 2.45) is 16.8 Å². The second-order valence-electron chi connectivity index (χ2n) is 7.05. The minimum absolute atomic E-state index is 0. The molecule has 1 heterocycles. The zero-order valence-corrected chi connectivity index (χ0v) is 17.7. The van der Waals surface area contributed by atoms with Crippen LogP contribution in [0.4, 0.5) is 0 Å². The highest BCUT2D eigenvalue weighted by Crippen LogP contribution is 2.35. The zero-order chi connectivity index (χ0) is 16.6. The molecule has 0 radical (unpaired) electrons. The van der Waals surface area contributed by atoms with Gasteiger partial charge in [0.25, 0.3) is 0 Å². The molecule has 0 aromatic heterocycles. The number of hydrogen-bond acceptors (Lipinski definition) is 2. The summed E-state index contributed by atoms with van der Waals surface area (Å²) in [5.74, 6) is 3.85. The summed E-state index contributed by atoms with van der Waals surface area (Å²) in [4.78, 5) is 6.97. The molecule has 4 nitrogen and oxygen atoms in total. The van der Waals surface area contributed by atoms with Crippen molar-refractivity contribution in [1.82, 2.24) is 10.2 Å². The second-order valence-corrected chi connectivity index (χ2v) is 7.05. The van der Waals surface area contributed by atoms with Gasteiger partial charge in [-0.05, 0) is 49.7 Å². The van der Waals surface area contributed by atoms with Gasteiger partial charge in [-0.25, -0.2) is 0 Å². The molecule has 0 amide bonds. The lowest BCUT2D eigenvalue weighted by molar-refractivity contribution is 0.299. The van der Waals surface area contributed by atoms with E-state index in [1.165, 1.54) is 38.8 Å². The topological polar surface area (TPSA) is 36.9 Å². The fourth-order valence-electron chi connectivity index (χ4n) is 4.05. The van der Waals surface area contributed by atoms with E-state index in [4.69, 9.17) is 4.74 Å².